The van der Waals surface area contributed by atoms with Crippen LogP contribution in [0.2, 0.25) is 0 Å². The van der Waals surface area contributed by atoms with Crippen molar-refractivity contribution in [3.8, 4) is 0 Å². The molecule has 0 heterocycles. The molecular weight excluding hydrogens is 228 g/mol. The van der Waals surface area contributed by atoms with Crippen LogP contribution in [0, 0.1) is 6.92 Å². The van der Waals surface area contributed by atoms with Crippen molar-refractivity contribution < 1.29 is 9.47 Å². The molecule has 102 valence electrons. The minimum Gasteiger partial charge on any atom is -0.397 e. The number of anilines is 2. The number of rotatable bonds is 9. The van der Waals surface area contributed by atoms with Crippen LogP contribution in [0.15, 0.2) is 18.2 Å². The van der Waals surface area contributed by atoms with Crippen molar-refractivity contribution in [2.45, 2.75) is 19.8 Å². The lowest BCUT2D eigenvalue weighted by atomic mass is 10.1. The Balaban J connectivity index is 2.11. The molecule has 0 bridgehead atoms. The van der Waals surface area contributed by atoms with Gasteiger partial charge in [0.2, 0.25) is 0 Å². The average molecular weight is 252 g/mol. The second kappa shape index (κ2) is 8.78. The Morgan fingerprint density at radius 1 is 1.17 bits per heavy atom. The van der Waals surface area contributed by atoms with Gasteiger partial charge in [0.1, 0.15) is 0 Å². The highest BCUT2D eigenvalue weighted by molar-refractivity contribution is 5.69. The van der Waals surface area contributed by atoms with E-state index in [-0.39, 0.29) is 0 Å². The van der Waals surface area contributed by atoms with Gasteiger partial charge in [-0.2, -0.15) is 0 Å². The summed E-state index contributed by atoms with van der Waals surface area (Å²) in [7, 11) is 1.68. The van der Waals surface area contributed by atoms with E-state index >= 15 is 0 Å². The number of para-hydroxylation sites is 1. The van der Waals surface area contributed by atoms with Crippen LogP contribution in [0.4, 0.5) is 11.4 Å². The van der Waals surface area contributed by atoms with E-state index in [1.807, 2.05) is 12.1 Å². The highest BCUT2D eigenvalue weighted by Crippen LogP contribution is 2.22. The van der Waals surface area contributed by atoms with E-state index in [0.717, 1.165) is 37.4 Å². The van der Waals surface area contributed by atoms with Crippen molar-refractivity contribution in [1.82, 2.24) is 0 Å². The molecule has 0 radical (unpaired) electrons. The van der Waals surface area contributed by atoms with E-state index in [0.29, 0.717) is 13.2 Å². The van der Waals surface area contributed by atoms with Gasteiger partial charge in [0.15, 0.2) is 0 Å². The molecular formula is C14H24N2O2. The minimum absolute atomic E-state index is 0.665. The first-order valence-electron chi connectivity index (χ1n) is 6.41. The number of nitrogens with one attached hydrogen (secondary N) is 1. The second-order valence-electron chi connectivity index (χ2n) is 4.28. The number of unbranched alkanes of at least 4 members (excludes halogenated alkanes) is 1. The molecule has 18 heavy (non-hydrogen) atoms. The Labute approximate surface area is 109 Å². The van der Waals surface area contributed by atoms with Gasteiger partial charge < -0.3 is 20.5 Å². The number of ether oxygens (including phenoxy) is 2. The lowest BCUT2D eigenvalue weighted by molar-refractivity contribution is 0.0691. The number of methoxy groups -OCH3 is 1. The number of nitrogen functional groups attached to an aromatic ring is 1. The van der Waals surface area contributed by atoms with Crippen LogP contribution in [0.5, 0.6) is 0 Å². The molecule has 0 spiro atoms. The molecule has 1 aromatic carbocycles. The summed E-state index contributed by atoms with van der Waals surface area (Å²) in [5.41, 5.74) is 8.97. The predicted molar refractivity (Wildman–Crippen MR) is 76.0 cm³/mol. The van der Waals surface area contributed by atoms with Gasteiger partial charge in [-0.3, -0.25) is 0 Å². The van der Waals surface area contributed by atoms with Crippen molar-refractivity contribution in [1.29, 1.82) is 0 Å². The van der Waals surface area contributed by atoms with Gasteiger partial charge in [-0.25, -0.2) is 0 Å². The molecule has 4 nitrogen and oxygen atoms in total. The van der Waals surface area contributed by atoms with E-state index in [9.17, 15) is 0 Å². The van der Waals surface area contributed by atoms with Gasteiger partial charge in [-0.05, 0) is 31.4 Å². The van der Waals surface area contributed by atoms with Gasteiger partial charge in [-0.1, -0.05) is 12.1 Å². The summed E-state index contributed by atoms with van der Waals surface area (Å²) in [6.07, 6.45) is 2.11. The van der Waals surface area contributed by atoms with Crippen LogP contribution >= 0.6 is 0 Å². The third kappa shape index (κ3) is 5.38. The first kappa shape index (κ1) is 14.8. The summed E-state index contributed by atoms with van der Waals surface area (Å²) in [5, 5.41) is 3.38. The van der Waals surface area contributed by atoms with Crippen LogP contribution < -0.4 is 11.1 Å². The Morgan fingerprint density at radius 3 is 2.72 bits per heavy atom. The number of benzene rings is 1. The summed E-state index contributed by atoms with van der Waals surface area (Å²) in [6, 6.07) is 5.95. The fourth-order valence-corrected chi connectivity index (χ4v) is 1.72. The molecule has 0 fully saturated rings. The molecule has 4 heteroatoms. The van der Waals surface area contributed by atoms with Crippen molar-refractivity contribution in [3.63, 3.8) is 0 Å². The fourth-order valence-electron chi connectivity index (χ4n) is 1.72. The fraction of sp³-hybridized carbons (Fsp3) is 0.571. The van der Waals surface area contributed by atoms with Gasteiger partial charge >= 0.3 is 0 Å². The summed E-state index contributed by atoms with van der Waals surface area (Å²) in [4.78, 5) is 0. The molecule has 0 atom stereocenters. The first-order chi connectivity index (χ1) is 8.75. The van der Waals surface area contributed by atoms with E-state index in [1.165, 1.54) is 5.56 Å². The van der Waals surface area contributed by atoms with Crippen LogP contribution in [0.3, 0.4) is 0 Å². The second-order valence-corrected chi connectivity index (χ2v) is 4.28. The molecule has 1 aromatic rings. The van der Waals surface area contributed by atoms with Gasteiger partial charge in [0, 0.05) is 20.3 Å². The minimum atomic E-state index is 0.665. The maximum atomic E-state index is 5.92. The van der Waals surface area contributed by atoms with E-state index in [1.54, 1.807) is 7.11 Å². The smallest absolute Gasteiger partial charge is 0.0700 e. The summed E-state index contributed by atoms with van der Waals surface area (Å²) in [6.45, 7) is 5.11. The topological polar surface area (TPSA) is 56.5 Å². The molecule has 0 aliphatic rings. The lowest BCUT2D eigenvalue weighted by Gasteiger charge is -2.12. The van der Waals surface area contributed by atoms with E-state index < -0.39 is 0 Å². The predicted octanol–water partition coefficient (Wildman–Crippen LogP) is 2.43. The van der Waals surface area contributed by atoms with Crippen LogP contribution in [-0.2, 0) is 9.47 Å². The highest BCUT2D eigenvalue weighted by atomic mass is 16.5. The lowest BCUT2D eigenvalue weighted by Crippen LogP contribution is -2.08. The Morgan fingerprint density at radius 2 is 2.00 bits per heavy atom. The van der Waals surface area contributed by atoms with Crippen LogP contribution in [0.25, 0.3) is 0 Å². The van der Waals surface area contributed by atoms with Gasteiger partial charge in [0.25, 0.3) is 0 Å². The summed E-state index contributed by atoms with van der Waals surface area (Å²) >= 11 is 0. The first-order valence-corrected chi connectivity index (χ1v) is 6.41. The number of aryl methyl sites for hydroxylation is 1. The zero-order chi connectivity index (χ0) is 13.2. The number of hydrogen-bond acceptors (Lipinski definition) is 4. The molecule has 0 saturated heterocycles. The average Bonchev–Trinajstić information content (AvgIpc) is 2.35. The Bertz CT molecular complexity index is 322. The molecule has 3 N–H and O–H groups in total. The number of hydrogen-bond donors (Lipinski definition) is 2. The summed E-state index contributed by atoms with van der Waals surface area (Å²) < 4.78 is 10.3. The highest BCUT2D eigenvalue weighted by Gasteiger charge is 2.00. The van der Waals surface area contributed by atoms with E-state index in [4.69, 9.17) is 15.2 Å². The SMILES string of the molecule is COCCOCCCCNc1c(C)cccc1N. The van der Waals surface area contributed by atoms with Crippen molar-refractivity contribution in [3.05, 3.63) is 23.8 Å². The molecule has 0 amide bonds. The maximum absolute atomic E-state index is 5.92. The molecule has 0 unspecified atom stereocenters. The monoisotopic (exact) mass is 252 g/mol. The summed E-state index contributed by atoms with van der Waals surface area (Å²) in [5.74, 6) is 0. The molecule has 0 aromatic heterocycles. The largest absolute Gasteiger partial charge is 0.397 e. The maximum Gasteiger partial charge on any atom is 0.0700 e. The third-order valence-corrected chi connectivity index (χ3v) is 2.75. The molecule has 1 rings (SSSR count). The van der Waals surface area contributed by atoms with E-state index in [2.05, 4.69) is 18.3 Å². The van der Waals surface area contributed by atoms with Crippen molar-refractivity contribution in [2.24, 2.45) is 0 Å². The zero-order valence-corrected chi connectivity index (χ0v) is 11.4. The molecule has 0 aliphatic carbocycles. The van der Waals surface area contributed by atoms with Crippen LogP contribution in [0.1, 0.15) is 18.4 Å². The van der Waals surface area contributed by atoms with Gasteiger partial charge in [-0.15, -0.1) is 0 Å². The van der Waals surface area contributed by atoms with Crippen molar-refractivity contribution >= 4 is 11.4 Å². The van der Waals surface area contributed by atoms with Crippen LogP contribution in [-0.4, -0.2) is 33.5 Å². The normalized spacial score (nSPS) is 10.6. The Hall–Kier alpha value is -1.26. The third-order valence-electron chi connectivity index (χ3n) is 2.75. The molecule has 0 saturated carbocycles. The standard InChI is InChI=1S/C14H24N2O2/c1-12-6-5-7-13(15)14(12)16-8-3-4-9-18-11-10-17-2/h5-7,16H,3-4,8-11,15H2,1-2H3. The molecule has 0 aliphatic heterocycles. The quantitative estimate of drug-likeness (QED) is 0.523. The number of nitrogens with two attached hydrogens (primary N) is 1. The van der Waals surface area contributed by atoms with Crippen molar-refractivity contribution in [2.75, 3.05) is 44.5 Å². The Kier molecular flexibility index (Phi) is 7.22. The van der Waals surface area contributed by atoms with Gasteiger partial charge in [0.05, 0.1) is 24.6 Å². The zero-order valence-electron chi connectivity index (χ0n) is 11.4.